The maximum atomic E-state index is 12.3. The highest BCUT2D eigenvalue weighted by Gasteiger charge is 2.24. The van der Waals surface area contributed by atoms with E-state index in [1.807, 2.05) is 31.2 Å². The molecule has 6 heteroatoms. The second kappa shape index (κ2) is 6.88. The molecule has 0 bridgehead atoms. The van der Waals surface area contributed by atoms with Gasteiger partial charge in [-0.1, -0.05) is 24.3 Å². The van der Waals surface area contributed by atoms with Crippen molar-refractivity contribution in [1.82, 2.24) is 5.32 Å². The number of sulfonamides is 1. The predicted octanol–water partition coefficient (Wildman–Crippen LogP) is 2.85. The van der Waals surface area contributed by atoms with E-state index in [2.05, 4.69) is 5.32 Å². The van der Waals surface area contributed by atoms with Gasteiger partial charge in [-0.15, -0.1) is 0 Å². The summed E-state index contributed by atoms with van der Waals surface area (Å²) >= 11 is 0. The van der Waals surface area contributed by atoms with E-state index in [-0.39, 0.29) is 12.5 Å². The van der Waals surface area contributed by atoms with Crippen molar-refractivity contribution < 1.29 is 13.2 Å². The number of hydrogen-bond donors (Lipinski definition) is 1. The summed E-state index contributed by atoms with van der Waals surface area (Å²) in [7, 11) is -3.44. The van der Waals surface area contributed by atoms with E-state index in [1.54, 1.807) is 24.3 Å². The van der Waals surface area contributed by atoms with Gasteiger partial charge in [-0.05, 0) is 55.2 Å². The standard InChI is InChI=1S/C19H22N2O3S/c1-14-5-3-4-6-16(14)13-21(25(2,23)24)18-11-7-15(8-12-18)19(22)20-17-9-10-17/h3-8,11-12,17H,9-10,13H2,1-2H3,(H,20,22). The minimum absolute atomic E-state index is 0.112. The quantitative estimate of drug-likeness (QED) is 0.863. The zero-order chi connectivity index (χ0) is 18.0. The molecule has 3 rings (SSSR count). The van der Waals surface area contributed by atoms with Crippen LogP contribution in [0, 0.1) is 6.92 Å². The highest BCUT2D eigenvalue weighted by atomic mass is 32.2. The van der Waals surface area contributed by atoms with Crippen molar-refractivity contribution in [2.75, 3.05) is 10.6 Å². The van der Waals surface area contributed by atoms with E-state index in [9.17, 15) is 13.2 Å². The summed E-state index contributed by atoms with van der Waals surface area (Å²) in [4.78, 5) is 12.1. The van der Waals surface area contributed by atoms with Crippen LogP contribution in [0.4, 0.5) is 5.69 Å². The Bertz CT molecular complexity index is 872. The van der Waals surface area contributed by atoms with Crippen molar-refractivity contribution in [3.63, 3.8) is 0 Å². The molecule has 1 aliphatic rings. The van der Waals surface area contributed by atoms with Crippen LogP contribution in [-0.4, -0.2) is 26.6 Å². The molecule has 25 heavy (non-hydrogen) atoms. The van der Waals surface area contributed by atoms with E-state index < -0.39 is 10.0 Å². The third-order valence-electron chi connectivity index (χ3n) is 4.31. The third-order valence-corrected chi connectivity index (χ3v) is 5.45. The number of hydrogen-bond acceptors (Lipinski definition) is 3. The van der Waals surface area contributed by atoms with Crippen molar-refractivity contribution >= 4 is 21.6 Å². The van der Waals surface area contributed by atoms with Crippen LogP contribution in [0.3, 0.4) is 0 Å². The Balaban J connectivity index is 1.84. The van der Waals surface area contributed by atoms with Crippen molar-refractivity contribution in [2.45, 2.75) is 32.4 Å². The molecule has 0 aliphatic heterocycles. The van der Waals surface area contributed by atoms with Crippen LogP contribution in [-0.2, 0) is 16.6 Å². The lowest BCUT2D eigenvalue weighted by Gasteiger charge is -2.23. The first-order valence-corrected chi connectivity index (χ1v) is 10.1. The Morgan fingerprint density at radius 2 is 1.76 bits per heavy atom. The van der Waals surface area contributed by atoms with Gasteiger partial charge in [0.05, 0.1) is 18.5 Å². The van der Waals surface area contributed by atoms with Crippen molar-refractivity contribution in [1.29, 1.82) is 0 Å². The number of nitrogens with zero attached hydrogens (tertiary/aromatic N) is 1. The number of aryl methyl sites for hydroxylation is 1. The van der Waals surface area contributed by atoms with Crippen LogP contribution in [0.1, 0.15) is 34.3 Å². The number of carbonyl (C=O) groups is 1. The molecular weight excluding hydrogens is 336 g/mol. The van der Waals surface area contributed by atoms with Gasteiger partial charge in [-0.2, -0.15) is 0 Å². The molecular formula is C19H22N2O3S. The number of benzene rings is 2. The van der Waals surface area contributed by atoms with E-state index in [4.69, 9.17) is 0 Å². The minimum atomic E-state index is -3.44. The largest absolute Gasteiger partial charge is 0.349 e. The molecule has 1 N–H and O–H groups in total. The summed E-state index contributed by atoms with van der Waals surface area (Å²) in [6.45, 7) is 2.22. The average molecular weight is 358 g/mol. The number of anilines is 1. The average Bonchev–Trinajstić information content (AvgIpc) is 3.37. The summed E-state index contributed by atoms with van der Waals surface area (Å²) in [5.41, 5.74) is 3.08. The fourth-order valence-corrected chi connectivity index (χ4v) is 3.50. The molecule has 1 aliphatic carbocycles. The van der Waals surface area contributed by atoms with Gasteiger partial charge in [0.15, 0.2) is 0 Å². The molecule has 0 saturated heterocycles. The first kappa shape index (κ1) is 17.5. The van der Waals surface area contributed by atoms with Gasteiger partial charge in [0.2, 0.25) is 10.0 Å². The molecule has 0 radical (unpaired) electrons. The second-order valence-electron chi connectivity index (χ2n) is 6.49. The first-order chi connectivity index (χ1) is 11.8. The molecule has 132 valence electrons. The topological polar surface area (TPSA) is 66.5 Å². The Hall–Kier alpha value is -2.34. The minimum Gasteiger partial charge on any atom is -0.349 e. The van der Waals surface area contributed by atoms with Crippen LogP contribution < -0.4 is 9.62 Å². The number of rotatable bonds is 6. The van der Waals surface area contributed by atoms with Crippen LogP contribution in [0.25, 0.3) is 0 Å². The highest BCUT2D eigenvalue weighted by Crippen LogP contribution is 2.23. The molecule has 2 aromatic rings. The van der Waals surface area contributed by atoms with Crippen LogP contribution in [0.15, 0.2) is 48.5 Å². The maximum absolute atomic E-state index is 12.3. The zero-order valence-electron chi connectivity index (χ0n) is 14.4. The maximum Gasteiger partial charge on any atom is 0.251 e. The van der Waals surface area contributed by atoms with Gasteiger partial charge in [0.1, 0.15) is 0 Å². The predicted molar refractivity (Wildman–Crippen MR) is 99.1 cm³/mol. The van der Waals surface area contributed by atoms with Gasteiger partial charge < -0.3 is 5.32 Å². The fraction of sp³-hybridized carbons (Fsp3) is 0.316. The zero-order valence-corrected chi connectivity index (χ0v) is 15.2. The lowest BCUT2D eigenvalue weighted by Crippen LogP contribution is -2.30. The molecule has 0 unspecified atom stereocenters. The summed E-state index contributed by atoms with van der Waals surface area (Å²) < 4.78 is 25.9. The SMILES string of the molecule is Cc1ccccc1CN(c1ccc(C(=O)NC2CC2)cc1)S(C)(=O)=O. The molecule has 1 amide bonds. The number of amides is 1. The summed E-state index contributed by atoms with van der Waals surface area (Å²) in [5, 5.41) is 2.93. The van der Waals surface area contributed by atoms with Crippen LogP contribution in [0.5, 0.6) is 0 Å². The monoisotopic (exact) mass is 358 g/mol. The molecule has 0 heterocycles. The van der Waals surface area contributed by atoms with Gasteiger partial charge in [0, 0.05) is 11.6 Å². The first-order valence-electron chi connectivity index (χ1n) is 8.28. The lowest BCUT2D eigenvalue weighted by atomic mass is 10.1. The molecule has 1 fully saturated rings. The van der Waals surface area contributed by atoms with Crippen LogP contribution >= 0.6 is 0 Å². The fourth-order valence-electron chi connectivity index (χ4n) is 2.62. The van der Waals surface area contributed by atoms with Gasteiger partial charge >= 0.3 is 0 Å². The van der Waals surface area contributed by atoms with E-state index in [0.717, 1.165) is 24.0 Å². The Kier molecular flexibility index (Phi) is 4.81. The Labute approximate surface area is 148 Å². The van der Waals surface area contributed by atoms with Crippen molar-refractivity contribution in [2.24, 2.45) is 0 Å². The van der Waals surface area contributed by atoms with E-state index in [0.29, 0.717) is 17.3 Å². The van der Waals surface area contributed by atoms with E-state index in [1.165, 1.54) is 10.6 Å². The number of carbonyl (C=O) groups excluding carboxylic acids is 1. The molecule has 0 spiro atoms. The van der Waals surface area contributed by atoms with Crippen LogP contribution in [0.2, 0.25) is 0 Å². The lowest BCUT2D eigenvalue weighted by molar-refractivity contribution is 0.0951. The smallest absolute Gasteiger partial charge is 0.251 e. The molecule has 2 aromatic carbocycles. The Morgan fingerprint density at radius 1 is 1.12 bits per heavy atom. The van der Waals surface area contributed by atoms with E-state index >= 15 is 0 Å². The van der Waals surface area contributed by atoms with Gasteiger partial charge in [0.25, 0.3) is 5.91 Å². The summed E-state index contributed by atoms with van der Waals surface area (Å²) in [6.07, 6.45) is 3.25. The summed E-state index contributed by atoms with van der Waals surface area (Å²) in [6, 6.07) is 14.7. The molecule has 0 aromatic heterocycles. The number of nitrogens with one attached hydrogen (secondary N) is 1. The molecule has 5 nitrogen and oxygen atoms in total. The van der Waals surface area contributed by atoms with Crippen molar-refractivity contribution in [3.8, 4) is 0 Å². The summed E-state index contributed by atoms with van der Waals surface area (Å²) in [5.74, 6) is -0.112. The second-order valence-corrected chi connectivity index (χ2v) is 8.40. The highest BCUT2D eigenvalue weighted by molar-refractivity contribution is 7.92. The molecule has 0 atom stereocenters. The Morgan fingerprint density at radius 3 is 2.32 bits per heavy atom. The third kappa shape index (κ3) is 4.39. The molecule has 1 saturated carbocycles. The van der Waals surface area contributed by atoms with Gasteiger partial charge in [-0.25, -0.2) is 8.42 Å². The van der Waals surface area contributed by atoms with Gasteiger partial charge in [-0.3, -0.25) is 9.10 Å². The normalized spacial score (nSPS) is 14.2. The van der Waals surface area contributed by atoms with Crippen molar-refractivity contribution in [3.05, 3.63) is 65.2 Å².